The number of aromatic nitrogens is 25. The molecule has 0 amide bonds. The van der Waals surface area contributed by atoms with Crippen molar-refractivity contribution >= 4 is 90.7 Å². The smallest absolute Gasteiger partial charge is 0.333 e. The molecule has 0 saturated carbocycles. The lowest BCUT2D eigenvalue weighted by molar-refractivity contribution is -0.141. The number of aliphatic hydroxyl groups is 3. The Bertz CT molecular complexity index is 8570. The first-order valence-corrected chi connectivity index (χ1v) is 45.6. The third-order valence-electron chi connectivity index (χ3n) is 25.7. The number of hydrogen-bond donors (Lipinski definition) is 3. The lowest BCUT2D eigenvalue weighted by Crippen LogP contribution is -2.41. The number of aliphatic hydroxyl groups excluding tert-OH is 3. The van der Waals surface area contributed by atoms with Crippen LogP contribution in [0, 0.1) is 68.2 Å². The SMILES string of the molecule is CCCCn1c(C)cn2c3c(=O)n(CC(=O)OC)c(=O)n(C)c3nc12.CCOCCn1c(=O)c2c(nc3n(-c4ccc(CO)cc4)c(C)c(C)n23)n(C)c1=O.Cc1c(C)n2c3c(=O)n(CC(C)C)c(=O)n(C)c3nc2n1Cc1ccco1.Cc1c(C)n2c3c(=O)n(CCCO)c(=O)n(C)c3nc2n1CCc1ccccc1.Cc1c(C)n2c3c(=O)n(CCCO)c(=O)n(C)c3nc2n1Cc1ccco1. The van der Waals surface area contributed by atoms with E-state index in [0.717, 1.165) is 116 Å². The fourth-order valence-electron chi connectivity index (χ4n) is 17.8. The highest BCUT2D eigenvalue weighted by molar-refractivity contribution is 5.81. The van der Waals surface area contributed by atoms with Crippen molar-refractivity contribution in [3.05, 3.63) is 276 Å². The number of aryl methyl sites for hydroxylation is 13. The topological polar surface area (TPSA) is 454 Å². The van der Waals surface area contributed by atoms with E-state index in [1.54, 1.807) is 49.5 Å². The van der Waals surface area contributed by atoms with Gasteiger partial charge >= 0.3 is 34.4 Å². The van der Waals surface area contributed by atoms with E-state index in [-0.39, 0.29) is 79.9 Å². The second kappa shape index (κ2) is 39.6. The van der Waals surface area contributed by atoms with Crippen molar-refractivity contribution in [1.82, 2.24) is 115 Å². The second-order valence-corrected chi connectivity index (χ2v) is 34.7. The quantitative estimate of drug-likeness (QED) is 0.0416. The average Bonchev–Trinajstić information content (AvgIpc) is 1.60. The van der Waals surface area contributed by atoms with Crippen LogP contribution in [-0.4, -0.2) is 170 Å². The Morgan fingerprint density at radius 3 is 1.24 bits per heavy atom. The van der Waals surface area contributed by atoms with Crippen molar-refractivity contribution in [2.24, 2.45) is 41.2 Å². The van der Waals surface area contributed by atoms with Gasteiger partial charge in [-0.05, 0) is 148 Å². The highest BCUT2D eigenvalue weighted by atomic mass is 16.5. The largest absolute Gasteiger partial charge is 0.468 e. The predicted molar refractivity (Wildman–Crippen MR) is 518 cm³/mol. The Kier molecular flexibility index (Phi) is 27.9. The molecule has 0 spiro atoms. The molecular formula is C95H115N25O18. The zero-order chi connectivity index (χ0) is 99.3. The van der Waals surface area contributed by atoms with Crippen molar-refractivity contribution < 1.29 is 38.4 Å². The highest BCUT2D eigenvalue weighted by Gasteiger charge is 2.30. The molecule has 0 unspecified atom stereocenters. The van der Waals surface area contributed by atoms with Crippen LogP contribution in [-0.2, 0) is 121 Å². The Morgan fingerprint density at radius 2 is 0.804 bits per heavy atom. The van der Waals surface area contributed by atoms with Gasteiger partial charge in [0.25, 0.3) is 27.8 Å². The van der Waals surface area contributed by atoms with E-state index < -0.39 is 46.4 Å². The summed E-state index contributed by atoms with van der Waals surface area (Å²) in [7, 11) is 9.26. The minimum absolute atomic E-state index is 0.0317. The van der Waals surface area contributed by atoms with Crippen molar-refractivity contribution in [2.75, 3.05) is 33.5 Å². The minimum Gasteiger partial charge on any atom is -0.468 e. The van der Waals surface area contributed by atoms with E-state index in [2.05, 4.69) is 53.3 Å². The minimum atomic E-state index is -0.656. The summed E-state index contributed by atoms with van der Waals surface area (Å²) in [6.45, 7) is 29.2. The molecule has 0 aliphatic rings. The number of imidazole rings is 10. The van der Waals surface area contributed by atoms with Crippen molar-refractivity contribution in [1.29, 1.82) is 0 Å². The van der Waals surface area contributed by atoms with E-state index >= 15 is 0 Å². The molecular weight excluding hydrogens is 1780 g/mol. The van der Waals surface area contributed by atoms with Crippen LogP contribution in [0.3, 0.4) is 0 Å². The zero-order valence-corrected chi connectivity index (χ0v) is 80.9. The molecule has 17 aromatic heterocycles. The van der Waals surface area contributed by atoms with Gasteiger partial charge in [-0.25, -0.2) is 28.5 Å². The van der Waals surface area contributed by atoms with Crippen molar-refractivity contribution in [3.8, 4) is 5.69 Å². The summed E-state index contributed by atoms with van der Waals surface area (Å²) in [6, 6.07) is 25.2. The number of rotatable bonds is 26. The number of benzene rings is 2. The van der Waals surface area contributed by atoms with E-state index in [4.69, 9.17) is 23.8 Å². The number of carbonyl (C=O) groups excluding carboxylic acids is 1. The van der Waals surface area contributed by atoms with Crippen LogP contribution in [0.5, 0.6) is 0 Å². The Balaban J connectivity index is 0.000000131. The van der Waals surface area contributed by atoms with Gasteiger partial charge in [-0.2, -0.15) is 24.9 Å². The molecule has 0 aliphatic carbocycles. The molecule has 19 aromatic rings. The molecule has 728 valence electrons. The van der Waals surface area contributed by atoms with Gasteiger partial charge in [0.05, 0.1) is 52.5 Å². The second-order valence-electron chi connectivity index (χ2n) is 34.7. The number of carbonyl (C=O) groups is 1. The number of ether oxygens (including phenoxy) is 2. The van der Waals surface area contributed by atoms with Crippen LogP contribution < -0.4 is 56.2 Å². The Hall–Kier alpha value is -15.2. The van der Waals surface area contributed by atoms with Crippen LogP contribution in [0.15, 0.2) is 154 Å². The van der Waals surface area contributed by atoms with Crippen LogP contribution in [0.1, 0.15) is 127 Å². The molecule has 0 atom stereocenters. The van der Waals surface area contributed by atoms with Crippen LogP contribution in [0.2, 0.25) is 0 Å². The number of nitrogens with zero attached hydrogens (tertiary/aromatic N) is 25. The Morgan fingerprint density at radius 1 is 0.406 bits per heavy atom. The monoisotopic (exact) mass is 1890 g/mol. The molecule has 3 N–H and O–H groups in total. The van der Waals surface area contributed by atoms with Crippen molar-refractivity contribution in [3.63, 3.8) is 0 Å². The van der Waals surface area contributed by atoms with Crippen molar-refractivity contribution in [2.45, 2.75) is 188 Å². The fourth-order valence-corrected chi connectivity index (χ4v) is 17.8. The fraction of sp³-hybridized carbons (Fsp3) is 0.411. The van der Waals surface area contributed by atoms with Gasteiger partial charge in [-0.15, -0.1) is 0 Å². The van der Waals surface area contributed by atoms with Gasteiger partial charge in [0, 0.05) is 151 Å². The maximum atomic E-state index is 13.3. The van der Waals surface area contributed by atoms with Crippen LogP contribution in [0.25, 0.3) is 90.4 Å². The number of esters is 1. The molecule has 0 fully saturated rings. The lowest BCUT2D eigenvalue weighted by Gasteiger charge is -2.10. The number of methoxy groups -OCH3 is 1. The van der Waals surface area contributed by atoms with E-state index in [1.807, 2.05) is 187 Å². The summed E-state index contributed by atoms with van der Waals surface area (Å²) in [6.07, 6.45) is 8.62. The maximum Gasteiger partial charge on any atom is 0.333 e. The first kappa shape index (κ1) is 97.3. The Labute approximate surface area is 784 Å². The molecule has 0 aliphatic heterocycles. The maximum absolute atomic E-state index is 13.3. The van der Waals surface area contributed by atoms with Gasteiger partial charge in [0.15, 0.2) is 55.8 Å². The summed E-state index contributed by atoms with van der Waals surface area (Å²) in [4.78, 5) is 163. The summed E-state index contributed by atoms with van der Waals surface area (Å²) >= 11 is 0. The van der Waals surface area contributed by atoms with Gasteiger partial charge in [0.2, 0.25) is 28.9 Å². The third kappa shape index (κ3) is 17.0. The first-order valence-electron chi connectivity index (χ1n) is 45.6. The van der Waals surface area contributed by atoms with E-state index in [1.165, 1.54) is 56.3 Å². The average molecular weight is 1900 g/mol. The molecule has 138 heavy (non-hydrogen) atoms. The molecule has 2 aromatic carbocycles. The number of furan rings is 2. The predicted octanol–water partition coefficient (Wildman–Crippen LogP) is 5.96. The number of unbranched alkanes of at least 4 members (excludes halogenated alkanes) is 1. The zero-order valence-electron chi connectivity index (χ0n) is 80.9. The van der Waals surface area contributed by atoms with Crippen LogP contribution >= 0.6 is 0 Å². The molecule has 0 saturated heterocycles. The first-order chi connectivity index (χ1) is 66.0. The molecule has 0 bridgehead atoms. The van der Waals surface area contributed by atoms with Gasteiger partial charge < -0.3 is 51.9 Å². The lowest BCUT2D eigenvalue weighted by atomic mass is 10.1. The standard InChI is InChI=1S/C21H25N5O4.C21H25N5O3.C19H23N5O3.C18H21N5O4.C16H21N5O4/c1-5-30-11-10-24-19(28)17-18(23(4)21(24)29)22-20-25(13(2)14(3)26(17)20)16-8-6-15(12-27)7-9-16;1-14-15(2)26-17-18(23(3)21(29)25(19(17)28)11-7-13-27)22-20(26)24(14)12-10-16-8-5-4-6-9-16;1-11(2)9-23-17(25)15-16(21(5)19(23)26)20-18-22(10-14-7-6-8-27-14)12(3)13(4)24(15)18;1-11-12(2)23-14-15(19-17(23)22(11)10-13-6-4-9-27-13)20(3)18(26)21(16(14)25)7-5-8-24;1-5-6-7-19-10(2)8-20-12-13(17-15(19)20)18(3)16(24)21(14(12)23)9-11(22)25-4/h6-9,27H,5,10-12H2,1-4H3;4-6,8-9,27H,7,10-13H2,1-3H3;6-8,11H,9-10H2,1-5H3;4,6,9,24H,5,7-8,10H2,1-3H3;8H,5-7,9H2,1-4H3. The normalized spacial score (nSPS) is 11.8. The van der Waals surface area contributed by atoms with Gasteiger partial charge in [-0.1, -0.05) is 69.7 Å². The van der Waals surface area contributed by atoms with Gasteiger partial charge in [0.1, 0.15) is 18.1 Å². The number of fused-ring (bicyclic) bond motifs is 15. The third-order valence-corrected chi connectivity index (χ3v) is 25.7. The van der Waals surface area contributed by atoms with Gasteiger partial charge in [-0.3, -0.25) is 96.4 Å². The molecule has 43 heteroatoms. The highest BCUT2D eigenvalue weighted by Crippen LogP contribution is 2.29. The molecule has 17 heterocycles. The van der Waals surface area contributed by atoms with E-state index in [0.29, 0.717) is 118 Å². The van der Waals surface area contributed by atoms with Crippen LogP contribution in [0.4, 0.5) is 0 Å². The summed E-state index contributed by atoms with van der Waals surface area (Å²) in [5.41, 5.74) is 10.8. The molecule has 43 nitrogen and oxygen atoms in total. The summed E-state index contributed by atoms with van der Waals surface area (Å²) in [5, 5.41) is 27.5. The molecule has 19 rings (SSSR count). The number of hydrogen-bond acceptors (Lipinski definition) is 23. The summed E-state index contributed by atoms with van der Waals surface area (Å²) in [5.74, 6) is 4.16. The van der Waals surface area contributed by atoms with E-state index in [9.17, 15) is 57.8 Å². The molecule has 0 radical (unpaired) electrons. The summed E-state index contributed by atoms with van der Waals surface area (Å²) < 4.78 is 52.6.